The lowest BCUT2D eigenvalue weighted by molar-refractivity contribution is 0.110. The van der Waals surface area contributed by atoms with Crippen LogP contribution in [0, 0.1) is 23.2 Å². The smallest absolute Gasteiger partial charge is 0.125 e. The number of hydrogen-bond acceptors (Lipinski definition) is 4. The van der Waals surface area contributed by atoms with Crippen LogP contribution in [0.4, 0.5) is 0 Å². The van der Waals surface area contributed by atoms with E-state index in [1.807, 2.05) is 24.3 Å². The van der Waals surface area contributed by atoms with Crippen molar-refractivity contribution in [3.05, 3.63) is 35.4 Å². The van der Waals surface area contributed by atoms with Crippen LogP contribution in [-0.4, -0.2) is 34.5 Å². The Balaban J connectivity index is 1.73. The largest absolute Gasteiger partial charge is 0.395 e. The van der Waals surface area contributed by atoms with Crippen LogP contribution in [0.3, 0.4) is 0 Å². The summed E-state index contributed by atoms with van der Waals surface area (Å²) >= 11 is 0. The summed E-state index contributed by atoms with van der Waals surface area (Å²) in [6.07, 6.45) is 3.59. The van der Waals surface area contributed by atoms with Gasteiger partial charge >= 0.3 is 0 Å². The molecule has 3 N–H and O–H groups in total. The predicted molar refractivity (Wildman–Crippen MR) is 82.9 cm³/mol. The van der Waals surface area contributed by atoms with E-state index in [0.29, 0.717) is 0 Å². The molecule has 3 atom stereocenters. The van der Waals surface area contributed by atoms with Gasteiger partial charge in [0.2, 0.25) is 0 Å². The van der Waals surface area contributed by atoms with E-state index >= 15 is 0 Å². The summed E-state index contributed by atoms with van der Waals surface area (Å²) in [5, 5.41) is 31.6. The number of nitrogens with one attached hydrogen (secondary N) is 1. The van der Waals surface area contributed by atoms with E-state index in [4.69, 9.17) is 5.26 Å². The molecule has 1 aliphatic carbocycles. The number of nitriles is 1. The molecule has 2 fully saturated rings. The molecule has 1 aromatic rings. The minimum absolute atomic E-state index is 0.0241. The molecular weight excluding hydrogens is 276 g/mol. The zero-order valence-electron chi connectivity index (χ0n) is 12.4. The summed E-state index contributed by atoms with van der Waals surface area (Å²) in [6.45, 7) is 0.0252. The van der Waals surface area contributed by atoms with Gasteiger partial charge in [0.25, 0.3) is 0 Å². The topological polar surface area (TPSA) is 76.3 Å². The molecule has 0 radical (unpaired) electrons. The first-order valence-electron chi connectivity index (χ1n) is 7.77. The fourth-order valence-corrected chi connectivity index (χ4v) is 3.32. The Labute approximate surface area is 130 Å². The van der Waals surface area contributed by atoms with Crippen LogP contribution in [0.15, 0.2) is 24.3 Å². The van der Waals surface area contributed by atoms with E-state index in [1.165, 1.54) is 0 Å². The molecule has 1 saturated heterocycles. The number of nitrogens with zero attached hydrogens (tertiary/aromatic N) is 1. The second-order valence-electron chi connectivity index (χ2n) is 6.20. The van der Waals surface area contributed by atoms with Gasteiger partial charge in [-0.15, -0.1) is 0 Å². The summed E-state index contributed by atoms with van der Waals surface area (Å²) < 4.78 is 0. The van der Waals surface area contributed by atoms with Crippen LogP contribution in [0.25, 0.3) is 0 Å². The van der Waals surface area contributed by atoms with Crippen molar-refractivity contribution in [2.75, 3.05) is 6.61 Å². The van der Waals surface area contributed by atoms with Crippen molar-refractivity contribution in [1.29, 1.82) is 5.26 Å². The molecule has 0 bridgehead atoms. The molecule has 1 saturated carbocycles. The molecule has 114 valence electrons. The van der Waals surface area contributed by atoms with Gasteiger partial charge in [0.1, 0.15) is 11.6 Å². The fourth-order valence-electron chi connectivity index (χ4n) is 3.32. The van der Waals surface area contributed by atoms with Crippen LogP contribution in [-0.2, 0) is 0 Å². The van der Waals surface area contributed by atoms with E-state index in [1.54, 1.807) is 0 Å². The highest BCUT2D eigenvalue weighted by Gasteiger charge is 2.41. The monoisotopic (exact) mass is 296 g/mol. The van der Waals surface area contributed by atoms with Crippen LogP contribution in [0.2, 0.25) is 0 Å². The summed E-state index contributed by atoms with van der Waals surface area (Å²) in [6, 6.07) is 9.67. The Morgan fingerprint density at radius 2 is 1.91 bits per heavy atom. The highest BCUT2D eigenvalue weighted by atomic mass is 16.3. The number of hydrogen-bond donors (Lipinski definition) is 3. The lowest BCUT2D eigenvalue weighted by atomic mass is 9.78. The number of benzene rings is 1. The number of rotatable bonds is 2. The van der Waals surface area contributed by atoms with Crippen LogP contribution >= 0.6 is 0 Å². The molecule has 4 heteroatoms. The normalized spacial score (nSPS) is 29.0. The van der Waals surface area contributed by atoms with E-state index in [9.17, 15) is 10.2 Å². The Kier molecular flexibility index (Phi) is 4.18. The van der Waals surface area contributed by atoms with Gasteiger partial charge in [-0.3, -0.25) is 5.32 Å². The summed E-state index contributed by atoms with van der Waals surface area (Å²) in [5.41, 5.74) is 1.09. The van der Waals surface area contributed by atoms with Crippen molar-refractivity contribution in [3.8, 4) is 17.9 Å². The van der Waals surface area contributed by atoms with Crippen molar-refractivity contribution in [2.45, 2.75) is 49.3 Å². The molecule has 4 nitrogen and oxygen atoms in total. The Bertz CT molecular complexity index is 630. The zero-order chi connectivity index (χ0) is 15.6. The first kappa shape index (κ1) is 15.1. The third kappa shape index (κ3) is 2.87. The van der Waals surface area contributed by atoms with Crippen molar-refractivity contribution in [1.82, 2.24) is 5.32 Å². The van der Waals surface area contributed by atoms with Crippen LogP contribution < -0.4 is 5.32 Å². The van der Waals surface area contributed by atoms with Gasteiger partial charge in [0.05, 0.1) is 12.7 Å². The van der Waals surface area contributed by atoms with Gasteiger partial charge in [-0.25, -0.2) is 0 Å². The molecule has 2 aliphatic rings. The molecule has 0 unspecified atom stereocenters. The highest BCUT2D eigenvalue weighted by Crippen LogP contribution is 2.32. The molecule has 22 heavy (non-hydrogen) atoms. The first-order chi connectivity index (χ1) is 10.6. The highest BCUT2D eigenvalue weighted by molar-refractivity contribution is 5.41. The molecule has 1 aliphatic heterocycles. The van der Waals surface area contributed by atoms with Gasteiger partial charge in [-0.1, -0.05) is 24.0 Å². The zero-order valence-corrected chi connectivity index (χ0v) is 12.4. The molecule has 0 amide bonds. The van der Waals surface area contributed by atoms with Gasteiger partial charge in [-0.2, -0.15) is 5.26 Å². The summed E-state index contributed by atoms with van der Waals surface area (Å²) in [4.78, 5) is 0. The second-order valence-corrected chi connectivity index (χ2v) is 6.20. The molecule has 3 rings (SSSR count). The van der Waals surface area contributed by atoms with Gasteiger partial charge < -0.3 is 10.2 Å². The maximum absolute atomic E-state index is 10.2. The minimum Gasteiger partial charge on any atom is -0.395 e. The molecular formula is C18H20N2O2. The molecule has 1 aromatic carbocycles. The molecule has 0 aromatic heterocycles. The van der Waals surface area contributed by atoms with E-state index < -0.39 is 5.60 Å². The van der Waals surface area contributed by atoms with Crippen molar-refractivity contribution in [3.63, 3.8) is 0 Å². The third-order valence-electron chi connectivity index (χ3n) is 4.69. The van der Waals surface area contributed by atoms with Crippen LogP contribution in [0.1, 0.15) is 42.7 Å². The third-order valence-corrected chi connectivity index (χ3v) is 4.69. The van der Waals surface area contributed by atoms with Crippen molar-refractivity contribution < 1.29 is 10.2 Å². The predicted octanol–water partition coefficient (Wildman–Crippen LogP) is 1.28. The maximum atomic E-state index is 10.2. The summed E-state index contributed by atoms with van der Waals surface area (Å²) in [7, 11) is 0. The average molecular weight is 296 g/mol. The van der Waals surface area contributed by atoms with Crippen LogP contribution in [0.5, 0.6) is 0 Å². The van der Waals surface area contributed by atoms with Crippen molar-refractivity contribution in [2.24, 2.45) is 0 Å². The lowest BCUT2D eigenvalue weighted by Gasteiger charge is -2.41. The lowest BCUT2D eigenvalue weighted by Crippen LogP contribution is -2.60. The van der Waals surface area contributed by atoms with Gasteiger partial charge in [0, 0.05) is 17.5 Å². The second kappa shape index (κ2) is 6.10. The van der Waals surface area contributed by atoms with E-state index in [-0.39, 0.29) is 24.6 Å². The van der Waals surface area contributed by atoms with Gasteiger partial charge in [-0.05, 0) is 43.4 Å². The van der Waals surface area contributed by atoms with E-state index in [0.717, 1.165) is 36.8 Å². The fraction of sp³-hybridized carbons (Fsp3) is 0.500. The van der Waals surface area contributed by atoms with Gasteiger partial charge in [0.15, 0.2) is 0 Å². The standard InChI is InChI=1S/C18H20N2O2/c19-11-15-17(16(12-21)20-15)14-5-3-13(4-6-14)7-10-18(22)8-1-2-9-18/h3-6,15-17,20-22H,1-2,8-9,12H2/t15-,16-,17-/m1/s1. The average Bonchev–Trinajstić information content (AvgIpc) is 2.94. The maximum Gasteiger partial charge on any atom is 0.125 e. The number of aliphatic hydroxyl groups is 2. The first-order valence-corrected chi connectivity index (χ1v) is 7.77. The Morgan fingerprint density at radius 3 is 2.50 bits per heavy atom. The van der Waals surface area contributed by atoms with Crippen molar-refractivity contribution >= 4 is 0 Å². The number of aliphatic hydroxyl groups excluding tert-OH is 1. The SMILES string of the molecule is N#C[C@H]1N[C@H](CO)[C@@H]1c1ccc(C#CC2(O)CCCC2)cc1. The molecule has 1 heterocycles. The Morgan fingerprint density at radius 1 is 1.23 bits per heavy atom. The minimum atomic E-state index is -0.815. The summed E-state index contributed by atoms with van der Waals surface area (Å²) in [5.74, 6) is 6.07. The molecule has 0 spiro atoms. The van der Waals surface area contributed by atoms with E-state index in [2.05, 4.69) is 23.2 Å². The Hall–Kier alpha value is -1.85. The quantitative estimate of drug-likeness (QED) is 0.719.